The first-order valence-corrected chi connectivity index (χ1v) is 7.06. The van der Waals surface area contributed by atoms with Gasteiger partial charge in [-0.1, -0.05) is 35.4 Å². The Labute approximate surface area is 120 Å². The Kier molecular flexibility index (Phi) is 3.06. The Balaban J connectivity index is 2.38. The summed E-state index contributed by atoms with van der Waals surface area (Å²) in [5.41, 5.74) is 9.16. The first-order chi connectivity index (χ1) is 9.58. The molecule has 1 heterocycles. The molecule has 0 unspecified atom stereocenters. The number of para-hydroxylation sites is 1. The molecule has 0 spiro atoms. The third-order valence-corrected chi connectivity index (χ3v) is 3.95. The summed E-state index contributed by atoms with van der Waals surface area (Å²) in [6.45, 7) is 8.75. The zero-order chi connectivity index (χ0) is 14.3. The van der Waals surface area contributed by atoms with Gasteiger partial charge in [-0.05, 0) is 26.0 Å². The number of hydrogen-bond acceptors (Lipinski definition) is 0. The topological polar surface area (TPSA) is 3.88 Å². The van der Waals surface area contributed by atoms with Crippen LogP contribution in [0.4, 0.5) is 0 Å². The lowest BCUT2D eigenvalue weighted by Crippen LogP contribution is -2.34. The lowest BCUT2D eigenvalue weighted by molar-refractivity contribution is -0.604. The normalized spacial score (nSPS) is 11.0. The number of rotatable bonds is 1. The Morgan fingerprint density at radius 2 is 1.15 bits per heavy atom. The van der Waals surface area contributed by atoms with E-state index in [1.165, 1.54) is 39.3 Å². The van der Waals surface area contributed by atoms with Gasteiger partial charge >= 0.3 is 0 Å². The Hall–Kier alpha value is -2.15. The number of aromatic nitrogens is 1. The van der Waals surface area contributed by atoms with Gasteiger partial charge in [-0.15, -0.1) is 0 Å². The van der Waals surface area contributed by atoms with Gasteiger partial charge in [-0.2, -0.15) is 4.57 Å². The molecule has 3 rings (SSSR count). The molecular formula is C19H20N+. The maximum Gasteiger partial charge on any atom is 0.211 e. The van der Waals surface area contributed by atoms with Crippen LogP contribution in [0, 0.1) is 27.7 Å². The van der Waals surface area contributed by atoms with E-state index in [2.05, 4.69) is 80.8 Å². The van der Waals surface area contributed by atoms with Crippen molar-refractivity contribution in [2.24, 2.45) is 0 Å². The number of nitrogens with zero attached hydrogens (tertiary/aromatic N) is 1. The zero-order valence-corrected chi connectivity index (χ0v) is 12.6. The minimum Gasteiger partial charge on any atom is -0.161 e. The first kappa shape index (κ1) is 12.9. The van der Waals surface area contributed by atoms with Crippen molar-refractivity contribution in [1.82, 2.24) is 0 Å². The summed E-state index contributed by atoms with van der Waals surface area (Å²) in [7, 11) is 0. The molecule has 0 amide bonds. The predicted molar refractivity (Wildman–Crippen MR) is 83.5 cm³/mol. The number of benzene rings is 1. The summed E-state index contributed by atoms with van der Waals surface area (Å²) in [5, 5.41) is 0. The molecule has 0 aromatic heterocycles. The van der Waals surface area contributed by atoms with E-state index in [-0.39, 0.29) is 0 Å². The maximum atomic E-state index is 2.35. The molecule has 1 aliphatic carbocycles. The lowest BCUT2D eigenvalue weighted by atomic mass is 10.1. The van der Waals surface area contributed by atoms with Crippen LogP contribution < -0.4 is 4.57 Å². The van der Waals surface area contributed by atoms with Crippen LogP contribution in [-0.4, -0.2) is 0 Å². The number of aryl methyl sites for hydroxylation is 2. The van der Waals surface area contributed by atoms with Gasteiger partial charge < -0.3 is 0 Å². The maximum absolute atomic E-state index is 2.35. The average Bonchev–Trinajstić information content (AvgIpc) is 2.57. The smallest absolute Gasteiger partial charge is 0.161 e. The van der Waals surface area contributed by atoms with E-state index >= 15 is 0 Å². The van der Waals surface area contributed by atoms with Crippen molar-refractivity contribution in [3.63, 3.8) is 0 Å². The quantitative estimate of drug-likeness (QED) is 0.576. The number of fused-ring (bicyclic) bond motifs is 1. The third kappa shape index (κ3) is 2.00. The molecule has 100 valence electrons. The van der Waals surface area contributed by atoms with Crippen LogP contribution in [0.1, 0.15) is 22.5 Å². The van der Waals surface area contributed by atoms with Crippen LogP contribution in [0.2, 0.25) is 0 Å². The third-order valence-electron chi connectivity index (χ3n) is 3.95. The summed E-state index contributed by atoms with van der Waals surface area (Å²) in [6.07, 6.45) is 0. The molecule has 0 fully saturated rings. The molecule has 1 aliphatic heterocycles. The molecule has 0 saturated heterocycles. The largest absolute Gasteiger partial charge is 0.211 e. The molecule has 0 radical (unpaired) electrons. The van der Waals surface area contributed by atoms with Crippen LogP contribution in [-0.2, 0) is 0 Å². The fourth-order valence-electron chi connectivity index (χ4n) is 3.11. The van der Waals surface area contributed by atoms with Crippen molar-refractivity contribution in [3.05, 3.63) is 71.0 Å². The van der Waals surface area contributed by atoms with Crippen molar-refractivity contribution in [1.29, 1.82) is 0 Å². The molecule has 20 heavy (non-hydrogen) atoms. The van der Waals surface area contributed by atoms with Crippen LogP contribution in [0.5, 0.6) is 0 Å². The van der Waals surface area contributed by atoms with E-state index in [0.717, 1.165) is 0 Å². The fraction of sp³-hybridized carbons (Fsp3) is 0.211. The van der Waals surface area contributed by atoms with Gasteiger partial charge in [0, 0.05) is 26.0 Å². The van der Waals surface area contributed by atoms with Gasteiger partial charge in [-0.25, -0.2) is 0 Å². The van der Waals surface area contributed by atoms with Crippen LogP contribution in [0.15, 0.2) is 48.5 Å². The molecule has 0 bridgehead atoms. The second-order valence-corrected chi connectivity index (χ2v) is 5.59. The van der Waals surface area contributed by atoms with Crippen molar-refractivity contribution in [3.8, 4) is 16.8 Å². The van der Waals surface area contributed by atoms with Crippen LogP contribution in [0.3, 0.4) is 0 Å². The summed E-state index contributed by atoms with van der Waals surface area (Å²) in [5.74, 6) is 0. The van der Waals surface area contributed by atoms with Crippen molar-refractivity contribution in [2.45, 2.75) is 27.7 Å². The highest BCUT2D eigenvalue weighted by molar-refractivity contribution is 5.70. The Bertz CT molecular complexity index is 699. The summed E-state index contributed by atoms with van der Waals surface area (Å²) in [4.78, 5) is 0. The highest BCUT2D eigenvalue weighted by Crippen LogP contribution is 2.29. The molecule has 0 atom stereocenters. The minimum absolute atomic E-state index is 1.23. The van der Waals surface area contributed by atoms with Crippen molar-refractivity contribution in [2.75, 3.05) is 0 Å². The van der Waals surface area contributed by atoms with E-state index in [0.29, 0.717) is 0 Å². The molecule has 1 heteroatoms. The zero-order valence-electron chi connectivity index (χ0n) is 12.6. The van der Waals surface area contributed by atoms with Crippen LogP contribution >= 0.6 is 0 Å². The molecule has 0 saturated carbocycles. The van der Waals surface area contributed by atoms with Gasteiger partial charge in [0.25, 0.3) is 0 Å². The molecule has 1 aromatic carbocycles. The number of hydrogen-bond donors (Lipinski definition) is 0. The summed E-state index contributed by atoms with van der Waals surface area (Å²) in [6, 6.07) is 17.4. The van der Waals surface area contributed by atoms with Crippen molar-refractivity contribution < 1.29 is 4.57 Å². The van der Waals surface area contributed by atoms with Gasteiger partial charge in [0.2, 0.25) is 5.69 Å². The highest BCUT2D eigenvalue weighted by Gasteiger charge is 2.26. The standard InChI is InChI=1S/C19H20N/c1-13-10-14(2)12-19-16(4)20(15(3)18(19)11-13)17-8-6-5-7-9-17/h5-12H,1-4H3/q+1. The predicted octanol–water partition coefficient (Wildman–Crippen LogP) is 4.30. The SMILES string of the molecule is Cc1cc(C)cc2c(C)[n+](-c3ccccc3)c(C)c-2c1. The Morgan fingerprint density at radius 1 is 0.650 bits per heavy atom. The second kappa shape index (κ2) is 4.75. The second-order valence-electron chi connectivity index (χ2n) is 5.59. The van der Waals surface area contributed by atoms with Crippen molar-refractivity contribution >= 4 is 0 Å². The van der Waals surface area contributed by atoms with Gasteiger partial charge in [-0.3, -0.25) is 0 Å². The molecule has 0 N–H and O–H groups in total. The minimum atomic E-state index is 1.23. The van der Waals surface area contributed by atoms with E-state index < -0.39 is 0 Å². The highest BCUT2D eigenvalue weighted by atomic mass is 15.0. The molecule has 1 aromatic rings. The molecule has 2 aliphatic rings. The lowest BCUT2D eigenvalue weighted by Gasteiger charge is -1.96. The van der Waals surface area contributed by atoms with Gasteiger partial charge in [0.05, 0.1) is 11.1 Å². The Morgan fingerprint density at radius 3 is 1.65 bits per heavy atom. The van der Waals surface area contributed by atoms with Gasteiger partial charge in [0.1, 0.15) is 0 Å². The first-order valence-electron chi connectivity index (χ1n) is 7.06. The van der Waals surface area contributed by atoms with E-state index in [4.69, 9.17) is 0 Å². The fourth-order valence-corrected chi connectivity index (χ4v) is 3.11. The molecular weight excluding hydrogens is 242 g/mol. The molecule has 1 nitrogen and oxygen atoms in total. The van der Waals surface area contributed by atoms with E-state index in [1.54, 1.807) is 0 Å². The van der Waals surface area contributed by atoms with Crippen LogP contribution in [0.25, 0.3) is 16.8 Å². The van der Waals surface area contributed by atoms with E-state index in [9.17, 15) is 0 Å². The average molecular weight is 262 g/mol. The van der Waals surface area contributed by atoms with Gasteiger partial charge in [0.15, 0.2) is 11.4 Å². The monoisotopic (exact) mass is 262 g/mol. The summed E-state index contributed by atoms with van der Waals surface area (Å²) < 4.78 is 2.35. The van der Waals surface area contributed by atoms with E-state index in [1.807, 2.05) is 0 Å². The summed E-state index contributed by atoms with van der Waals surface area (Å²) >= 11 is 0.